The van der Waals surface area contributed by atoms with Crippen LogP contribution in [0.5, 0.6) is 0 Å². The van der Waals surface area contributed by atoms with E-state index in [1.54, 1.807) is 0 Å². The van der Waals surface area contributed by atoms with Crippen molar-refractivity contribution in [1.29, 1.82) is 0 Å². The summed E-state index contributed by atoms with van der Waals surface area (Å²) in [4.78, 5) is 10.3. The predicted octanol–water partition coefficient (Wildman–Crippen LogP) is -0.631. The zero-order valence-corrected chi connectivity index (χ0v) is 9.37. The fourth-order valence-corrected chi connectivity index (χ4v) is 2.95. The number of rotatable bonds is 6. The molecule has 1 N–H and O–H groups in total. The number of nitrogens with zero attached hydrogens (tertiary/aromatic N) is 1. The van der Waals surface area contributed by atoms with E-state index in [1.807, 2.05) is 0 Å². The van der Waals surface area contributed by atoms with Crippen LogP contribution in [-0.2, 0) is 19.6 Å². The lowest BCUT2D eigenvalue weighted by molar-refractivity contribution is -0.139. The van der Waals surface area contributed by atoms with Gasteiger partial charge in [-0.05, 0) is 5.92 Å². The predicted molar refractivity (Wildman–Crippen MR) is 53.0 cm³/mol. The molecule has 1 saturated heterocycles. The molecule has 0 radical (unpaired) electrons. The first-order valence-corrected chi connectivity index (χ1v) is 6.25. The summed E-state index contributed by atoms with van der Waals surface area (Å²) in [7, 11) is -1.80. The van der Waals surface area contributed by atoms with Gasteiger partial charge in [-0.1, -0.05) is 0 Å². The molecule has 1 rings (SSSR count). The molecule has 1 fully saturated rings. The molecule has 15 heavy (non-hydrogen) atoms. The summed E-state index contributed by atoms with van der Waals surface area (Å²) in [5.74, 6) is -0.961. The number of hydrogen-bond acceptors (Lipinski definition) is 4. The fourth-order valence-electron chi connectivity index (χ4n) is 1.44. The van der Waals surface area contributed by atoms with Gasteiger partial charge in [0.25, 0.3) is 0 Å². The monoisotopic (exact) mass is 237 g/mol. The molecule has 7 heteroatoms. The van der Waals surface area contributed by atoms with Crippen molar-refractivity contribution in [1.82, 2.24) is 4.31 Å². The lowest BCUT2D eigenvalue weighted by atomic mass is 10.00. The quantitative estimate of drug-likeness (QED) is 0.665. The zero-order valence-electron chi connectivity index (χ0n) is 8.55. The Balaban J connectivity index is 2.34. The van der Waals surface area contributed by atoms with Crippen LogP contribution in [0.2, 0.25) is 0 Å². The Morgan fingerprint density at radius 3 is 2.60 bits per heavy atom. The average molecular weight is 237 g/mol. The molecule has 1 heterocycles. The highest BCUT2D eigenvalue weighted by molar-refractivity contribution is 7.89. The van der Waals surface area contributed by atoms with Crippen LogP contribution in [0.25, 0.3) is 0 Å². The second-order valence-corrected chi connectivity index (χ2v) is 5.68. The van der Waals surface area contributed by atoms with Crippen LogP contribution < -0.4 is 0 Å². The van der Waals surface area contributed by atoms with Gasteiger partial charge in [-0.25, -0.2) is 12.7 Å². The molecule has 0 amide bonds. The standard InChI is InChI=1S/C8H15NO5S/c1-14-2-3-15(12,13)9-5-7(6-9)4-8(10)11/h7H,2-6H2,1H3,(H,10,11). The van der Waals surface area contributed by atoms with Gasteiger partial charge in [0.15, 0.2) is 0 Å². The normalized spacial score (nSPS) is 18.7. The van der Waals surface area contributed by atoms with Crippen LogP contribution in [-0.4, -0.2) is 56.4 Å². The number of aliphatic carboxylic acids is 1. The minimum Gasteiger partial charge on any atom is -0.481 e. The molecule has 88 valence electrons. The number of carbonyl (C=O) groups is 1. The Hall–Kier alpha value is -0.660. The van der Waals surface area contributed by atoms with Crippen molar-refractivity contribution >= 4 is 16.0 Å². The fraction of sp³-hybridized carbons (Fsp3) is 0.875. The van der Waals surface area contributed by atoms with E-state index in [2.05, 4.69) is 4.74 Å². The van der Waals surface area contributed by atoms with E-state index in [4.69, 9.17) is 5.11 Å². The summed E-state index contributed by atoms with van der Waals surface area (Å²) in [6.45, 7) is 0.805. The summed E-state index contributed by atoms with van der Waals surface area (Å²) in [5, 5.41) is 8.49. The third-order valence-corrected chi connectivity index (χ3v) is 4.09. The van der Waals surface area contributed by atoms with Crippen molar-refractivity contribution < 1.29 is 23.1 Å². The van der Waals surface area contributed by atoms with Crippen LogP contribution in [0.4, 0.5) is 0 Å². The molecule has 0 aromatic heterocycles. The van der Waals surface area contributed by atoms with Gasteiger partial charge in [0.1, 0.15) is 0 Å². The smallest absolute Gasteiger partial charge is 0.303 e. The topological polar surface area (TPSA) is 83.9 Å². The summed E-state index contributed by atoms with van der Waals surface area (Å²) < 4.78 is 29.0. The van der Waals surface area contributed by atoms with Crippen LogP contribution in [0.3, 0.4) is 0 Å². The van der Waals surface area contributed by atoms with E-state index < -0.39 is 16.0 Å². The molecule has 0 saturated carbocycles. The molecule has 1 aliphatic rings. The molecule has 0 aromatic rings. The Morgan fingerprint density at radius 1 is 1.53 bits per heavy atom. The van der Waals surface area contributed by atoms with E-state index >= 15 is 0 Å². The first-order valence-electron chi connectivity index (χ1n) is 4.64. The lowest BCUT2D eigenvalue weighted by Crippen LogP contribution is -2.51. The van der Waals surface area contributed by atoms with Gasteiger partial charge in [-0.15, -0.1) is 0 Å². The molecule has 0 bridgehead atoms. The first kappa shape index (κ1) is 12.4. The largest absolute Gasteiger partial charge is 0.481 e. The van der Waals surface area contributed by atoms with Crippen molar-refractivity contribution in [2.24, 2.45) is 5.92 Å². The molecule has 0 unspecified atom stereocenters. The minimum atomic E-state index is -3.24. The second kappa shape index (κ2) is 4.91. The van der Waals surface area contributed by atoms with E-state index in [0.717, 1.165) is 0 Å². The van der Waals surface area contributed by atoms with Crippen LogP contribution in [0.15, 0.2) is 0 Å². The Morgan fingerprint density at radius 2 is 2.13 bits per heavy atom. The van der Waals surface area contributed by atoms with E-state index in [0.29, 0.717) is 13.1 Å². The van der Waals surface area contributed by atoms with Gasteiger partial charge in [0.2, 0.25) is 10.0 Å². The van der Waals surface area contributed by atoms with Gasteiger partial charge in [0, 0.05) is 20.2 Å². The van der Waals surface area contributed by atoms with Crippen molar-refractivity contribution in [3.8, 4) is 0 Å². The van der Waals surface area contributed by atoms with Crippen molar-refractivity contribution in [3.05, 3.63) is 0 Å². The third kappa shape index (κ3) is 3.44. The number of carboxylic acids is 1. The highest BCUT2D eigenvalue weighted by Gasteiger charge is 2.36. The Kier molecular flexibility index (Phi) is 4.06. The third-order valence-electron chi connectivity index (χ3n) is 2.33. The SMILES string of the molecule is COCCS(=O)(=O)N1CC(CC(=O)O)C1. The summed E-state index contributed by atoms with van der Waals surface area (Å²) in [6.07, 6.45) is 0.0380. The van der Waals surface area contributed by atoms with Gasteiger partial charge in [-0.2, -0.15) is 0 Å². The number of hydrogen-bond donors (Lipinski definition) is 1. The van der Waals surface area contributed by atoms with Crippen LogP contribution >= 0.6 is 0 Å². The van der Waals surface area contributed by atoms with Crippen LogP contribution in [0, 0.1) is 5.92 Å². The van der Waals surface area contributed by atoms with E-state index in [1.165, 1.54) is 11.4 Å². The van der Waals surface area contributed by atoms with Gasteiger partial charge in [0.05, 0.1) is 18.8 Å². The Bertz CT molecular complexity index is 320. The van der Waals surface area contributed by atoms with Gasteiger partial charge >= 0.3 is 5.97 Å². The maximum absolute atomic E-state index is 11.5. The molecule has 0 aromatic carbocycles. The summed E-state index contributed by atoms with van der Waals surface area (Å²) >= 11 is 0. The molecule has 0 spiro atoms. The number of ether oxygens (including phenoxy) is 1. The summed E-state index contributed by atoms with van der Waals surface area (Å²) in [5.41, 5.74) is 0. The van der Waals surface area contributed by atoms with Gasteiger partial charge < -0.3 is 9.84 Å². The first-order chi connectivity index (χ1) is 6.95. The lowest BCUT2D eigenvalue weighted by Gasteiger charge is -2.37. The number of sulfonamides is 1. The van der Waals surface area contributed by atoms with Crippen LogP contribution in [0.1, 0.15) is 6.42 Å². The van der Waals surface area contributed by atoms with E-state index in [9.17, 15) is 13.2 Å². The van der Waals surface area contributed by atoms with E-state index in [-0.39, 0.29) is 24.7 Å². The molecular formula is C8H15NO5S. The number of carboxylic acid groups (broad SMARTS) is 1. The molecule has 0 atom stereocenters. The minimum absolute atomic E-state index is 0.0380. The Labute approximate surface area is 88.9 Å². The van der Waals surface area contributed by atoms with Crippen molar-refractivity contribution in [2.45, 2.75) is 6.42 Å². The number of methoxy groups -OCH3 is 1. The van der Waals surface area contributed by atoms with Crippen molar-refractivity contribution in [3.63, 3.8) is 0 Å². The van der Waals surface area contributed by atoms with Gasteiger partial charge in [-0.3, -0.25) is 4.79 Å². The van der Waals surface area contributed by atoms with Crippen molar-refractivity contribution in [2.75, 3.05) is 32.6 Å². The second-order valence-electron chi connectivity index (χ2n) is 3.59. The highest BCUT2D eigenvalue weighted by Crippen LogP contribution is 2.22. The zero-order chi connectivity index (χ0) is 11.5. The highest BCUT2D eigenvalue weighted by atomic mass is 32.2. The molecule has 0 aliphatic carbocycles. The summed E-state index contributed by atoms with van der Waals surface area (Å²) in [6, 6.07) is 0. The molecule has 6 nitrogen and oxygen atoms in total. The molecular weight excluding hydrogens is 222 g/mol. The maximum atomic E-state index is 11.5. The average Bonchev–Trinajstić information content (AvgIpc) is 2.06. The maximum Gasteiger partial charge on any atom is 0.303 e. The molecule has 1 aliphatic heterocycles.